The summed E-state index contributed by atoms with van der Waals surface area (Å²) in [5.74, 6) is -0.463. The summed E-state index contributed by atoms with van der Waals surface area (Å²) in [6.07, 6.45) is 1.69. The van der Waals surface area contributed by atoms with Gasteiger partial charge in [0.1, 0.15) is 5.82 Å². The summed E-state index contributed by atoms with van der Waals surface area (Å²) in [7, 11) is 0. The number of fused-ring (bicyclic) bond motifs is 1. The van der Waals surface area contributed by atoms with Crippen molar-refractivity contribution in [3.8, 4) is 10.6 Å². The lowest BCUT2D eigenvalue weighted by molar-refractivity contribution is -0.146. The van der Waals surface area contributed by atoms with E-state index in [-0.39, 0.29) is 19.0 Å². The Morgan fingerprint density at radius 1 is 1.46 bits per heavy atom. The van der Waals surface area contributed by atoms with Gasteiger partial charge in [-0.25, -0.2) is 4.98 Å². The van der Waals surface area contributed by atoms with Crippen LogP contribution in [0.2, 0.25) is 0 Å². The van der Waals surface area contributed by atoms with Crippen molar-refractivity contribution in [3.05, 3.63) is 24.4 Å². The second kappa shape index (κ2) is 6.66. The SMILES string of the molecule is CC(C)(CNc1cc(N)nc2cc(-c3ccn[nH]3)sc12)C(=O)O.Cl. The Kier molecular flexibility index (Phi) is 5.00. The van der Waals surface area contributed by atoms with E-state index in [0.717, 1.165) is 26.5 Å². The van der Waals surface area contributed by atoms with E-state index in [2.05, 4.69) is 20.5 Å². The average molecular weight is 368 g/mol. The first-order valence-electron chi connectivity index (χ1n) is 7.04. The van der Waals surface area contributed by atoms with Crippen LogP contribution < -0.4 is 11.1 Å². The number of aliphatic carboxylic acids is 1. The third kappa shape index (κ3) is 3.44. The van der Waals surface area contributed by atoms with Gasteiger partial charge < -0.3 is 16.2 Å². The van der Waals surface area contributed by atoms with Gasteiger partial charge >= 0.3 is 5.97 Å². The molecule has 0 aliphatic heterocycles. The van der Waals surface area contributed by atoms with E-state index >= 15 is 0 Å². The summed E-state index contributed by atoms with van der Waals surface area (Å²) in [6, 6.07) is 5.56. The Morgan fingerprint density at radius 3 is 2.83 bits per heavy atom. The molecule has 24 heavy (non-hydrogen) atoms. The molecule has 0 aliphatic rings. The van der Waals surface area contributed by atoms with E-state index in [1.807, 2.05) is 12.1 Å². The molecular weight excluding hydrogens is 350 g/mol. The highest BCUT2D eigenvalue weighted by Crippen LogP contribution is 2.37. The average Bonchev–Trinajstić information content (AvgIpc) is 3.12. The van der Waals surface area contributed by atoms with Crippen LogP contribution in [0.25, 0.3) is 20.8 Å². The number of nitrogens with two attached hydrogens (primary N) is 1. The molecule has 0 unspecified atom stereocenters. The van der Waals surface area contributed by atoms with Crippen LogP contribution in [0.5, 0.6) is 0 Å². The summed E-state index contributed by atoms with van der Waals surface area (Å²) < 4.78 is 0.935. The fraction of sp³-hybridized carbons (Fsp3) is 0.267. The van der Waals surface area contributed by atoms with Gasteiger partial charge in [-0.1, -0.05) is 0 Å². The molecule has 0 bridgehead atoms. The number of nitrogen functional groups attached to an aromatic ring is 1. The van der Waals surface area contributed by atoms with Crippen LogP contribution in [0.15, 0.2) is 24.4 Å². The number of thiophene rings is 1. The minimum atomic E-state index is -0.881. The Hall–Kier alpha value is -2.32. The van der Waals surface area contributed by atoms with E-state index < -0.39 is 11.4 Å². The highest BCUT2D eigenvalue weighted by Gasteiger charge is 2.27. The molecule has 0 saturated heterocycles. The number of nitrogens with zero attached hydrogens (tertiary/aromatic N) is 2. The Labute approximate surface area is 148 Å². The summed E-state index contributed by atoms with van der Waals surface area (Å²) in [6.45, 7) is 3.64. The zero-order chi connectivity index (χ0) is 16.6. The van der Waals surface area contributed by atoms with Crippen molar-refractivity contribution >= 4 is 51.4 Å². The molecule has 0 aromatic carbocycles. The van der Waals surface area contributed by atoms with Crippen LogP contribution in [-0.4, -0.2) is 32.8 Å². The van der Waals surface area contributed by atoms with Crippen LogP contribution in [0.3, 0.4) is 0 Å². The quantitative estimate of drug-likeness (QED) is 0.550. The van der Waals surface area contributed by atoms with Crippen molar-refractivity contribution in [2.75, 3.05) is 17.6 Å². The number of hydrogen-bond acceptors (Lipinski definition) is 6. The van der Waals surface area contributed by atoms with Crippen molar-refractivity contribution < 1.29 is 9.90 Å². The van der Waals surface area contributed by atoms with Gasteiger partial charge in [-0.15, -0.1) is 23.7 Å². The number of H-pyrrole nitrogens is 1. The van der Waals surface area contributed by atoms with Gasteiger partial charge in [0.25, 0.3) is 0 Å². The number of rotatable bonds is 5. The van der Waals surface area contributed by atoms with E-state index in [9.17, 15) is 9.90 Å². The minimum Gasteiger partial charge on any atom is -0.481 e. The number of carboxylic acid groups (broad SMARTS) is 1. The Bertz CT molecular complexity index is 860. The van der Waals surface area contributed by atoms with Gasteiger partial charge in [0.15, 0.2) is 0 Å². The fourth-order valence-electron chi connectivity index (χ4n) is 2.09. The van der Waals surface area contributed by atoms with Crippen LogP contribution >= 0.6 is 23.7 Å². The number of carbonyl (C=O) groups is 1. The van der Waals surface area contributed by atoms with Crippen molar-refractivity contribution in [2.45, 2.75) is 13.8 Å². The lowest BCUT2D eigenvalue weighted by Gasteiger charge is -2.20. The second-order valence-electron chi connectivity index (χ2n) is 5.93. The molecule has 0 fully saturated rings. The number of carboxylic acids is 1. The molecular formula is C15H18ClN5O2S. The van der Waals surface area contributed by atoms with Gasteiger partial charge in [0.2, 0.25) is 0 Å². The molecule has 0 radical (unpaired) electrons. The predicted molar refractivity (Wildman–Crippen MR) is 98.8 cm³/mol. The molecule has 5 N–H and O–H groups in total. The van der Waals surface area contributed by atoms with Crippen LogP contribution in [0, 0.1) is 5.41 Å². The fourth-order valence-corrected chi connectivity index (χ4v) is 3.16. The first-order valence-corrected chi connectivity index (χ1v) is 7.85. The zero-order valence-electron chi connectivity index (χ0n) is 13.2. The van der Waals surface area contributed by atoms with Gasteiger partial charge in [0, 0.05) is 18.8 Å². The molecule has 0 aliphatic carbocycles. The van der Waals surface area contributed by atoms with Gasteiger partial charge in [-0.3, -0.25) is 9.89 Å². The third-order valence-electron chi connectivity index (χ3n) is 3.56. The van der Waals surface area contributed by atoms with E-state index in [1.54, 1.807) is 37.4 Å². The smallest absolute Gasteiger partial charge is 0.310 e. The highest BCUT2D eigenvalue weighted by atomic mass is 35.5. The van der Waals surface area contributed by atoms with Crippen LogP contribution in [0.4, 0.5) is 11.5 Å². The van der Waals surface area contributed by atoms with E-state index in [0.29, 0.717) is 5.82 Å². The maximum absolute atomic E-state index is 11.2. The van der Waals surface area contributed by atoms with Crippen molar-refractivity contribution in [2.24, 2.45) is 5.41 Å². The minimum absolute atomic E-state index is 0. The second-order valence-corrected chi connectivity index (χ2v) is 6.98. The number of anilines is 2. The highest BCUT2D eigenvalue weighted by molar-refractivity contribution is 7.22. The summed E-state index contributed by atoms with van der Waals surface area (Å²) in [5.41, 5.74) is 7.46. The molecule has 3 rings (SSSR count). The summed E-state index contributed by atoms with van der Waals surface area (Å²) in [4.78, 5) is 16.6. The lowest BCUT2D eigenvalue weighted by atomic mass is 9.94. The van der Waals surface area contributed by atoms with Crippen LogP contribution in [-0.2, 0) is 4.79 Å². The molecule has 0 atom stereocenters. The molecule has 7 nitrogen and oxygen atoms in total. The standard InChI is InChI=1S/C15H17N5O2S.ClH/c1-15(2,14(21)22)7-17-9-6-12(16)19-10-5-11(23-13(9)10)8-3-4-18-20-8;/h3-6H,7H2,1-2H3,(H,18,20)(H,21,22)(H3,16,17,19);1H. The number of hydrogen-bond donors (Lipinski definition) is 4. The number of halogens is 1. The van der Waals surface area contributed by atoms with E-state index in [4.69, 9.17) is 5.73 Å². The Balaban J connectivity index is 0.00000208. The molecule has 3 heterocycles. The summed E-state index contributed by atoms with van der Waals surface area (Å²) >= 11 is 1.55. The number of aromatic amines is 1. The largest absolute Gasteiger partial charge is 0.481 e. The molecule has 9 heteroatoms. The number of nitrogens with one attached hydrogen (secondary N) is 2. The predicted octanol–water partition coefficient (Wildman–Crippen LogP) is 3.21. The molecule has 0 spiro atoms. The van der Waals surface area contributed by atoms with Crippen molar-refractivity contribution in [1.29, 1.82) is 0 Å². The van der Waals surface area contributed by atoms with Gasteiger partial charge in [-0.2, -0.15) is 5.10 Å². The zero-order valence-corrected chi connectivity index (χ0v) is 14.8. The van der Waals surface area contributed by atoms with Crippen molar-refractivity contribution in [1.82, 2.24) is 15.2 Å². The topological polar surface area (TPSA) is 117 Å². The molecule has 0 amide bonds. The normalized spacial score (nSPS) is 11.2. The maximum Gasteiger partial charge on any atom is 0.310 e. The Morgan fingerprint density at radius 2 is 2.21 bits per heavy atom. The van der Waals surface area contributed by atoms with Crippen molar-refractivity contribution in [3.63, 3.8) is 0 Å². The maximum atomic E-state index is 11.2. The van der Waals surface area contributed by atoms with E-state index in [1.165, 1.54) is 0 Å². The third-order valence-corrected chi connectivity index (χ3v) is 4.76. The van der Waals surface area contributed by atoms with Crippen LogP contribution in [0.1, 0.15) is 13.8 Å². The first kappa shape index (κ1) is 18.0. The molecule has 3 aromatic rings. The molecule has 3 aromatic heterocycles. The van der Waals surface area contributed by atoms with Gasteiger partial charge in [-0.05, 0) is 26.0 Å². The number of aromatic nitrogens is 3. The monoisotopic (exact) mass is 367 g/mol. The molecule has 0 saturated carbocycles. The molecule has 128 valence electrons. The summed E-state index contributed by atoms with van der Waals surface area (Å²) in [5, 5.41) is 19.3. The lowest BCUT2D eigenvalue weighted by Crippen LogP contribution is -2.31. The van der Waals surface area contributed by atoms with Gasteiger partial charge in [0.05, 0.1) is 31.9 Å². The first-order chi connectivity index (χ1) is 10.9. The number of pyridine rings is 1.